The molecule has 106 valence electrons. The van der Waals surface area contributed by atoms with Crippen LogP contribution in [0.15, 0.2) is 27.6 Å². The number of hydrogen-bond donors (Lipinski definition) is 1. The van der Waals surface area contributed by atoms with E-state index in [1.807, 2.05) is 6.92 Å². The van der Waals surface area contributed by atoms with Crippen molar-refractivity contribution in [2.75, 3.05) is 6.54 Å². The van der Waals surface area contributed by atoms with Crippen molar-refractivity contribution < 1.29 is 8.42 Å². The van der Waals surface area contributed by atoms with Crippen LogP contribution in [0.1, 0.15) is 19.8 Å². The first-order valence-corrected chi connectivity index (χ1v) is 8.66. The van der Waals surface area contributed by atoms with Gasteiger partial charge in [0, 0.05) is 23.1 Å². The predicted octanol–water partition coefficient (Wildman–Crippen LogP) is 2.60. The summed E-state index contributed by atoms with van der Waals surface area (Å²) in [7, 11) is -3.56. The van der Waals surface area contributed by atoms with Gasteiger partial charge in [-0.25, -0.2) is 8.42 Å². The van der Waals surface area contributed by atoms with Crippen LogP contribution in [0.3, 0.4) is 0 Å². The largest absolute Gasteiger partial charge is 0.328 e. The number of piperidine rings is 1. The van der Waals surface area contributed by atoms with E-state index in [0.717, 1.165) is 4.47 Å². The Balaban J connectivity index is 2.37. The summed E-state index contributed by atoms with van der Waals surface area (Å²) < 4.78 is 27.5. The highest BCUT2D eigenvalue weighted by molar-refractivity contribution is 9.10. The highest BCUT2D eigenvalue weighted by Gasteiger charge is 2.34. The second-order valence-electron chi connectivity index (χ2n) is 4.82. The molecule has 0 saturated carbocycles. The Bertz CT molecular complexity index is 579. The molecule has 1 fully saturated rings. The van der Waals surface area contributed by atoms with Crippen molar-refractivity contribution in [2.24, 2.45) is 5.73 Å². The third-order valence-corrected chi connectivity index (χ3v) is 6.33. The molecule has 0 spiro atoms. The Morgan fingerprint density at radius 2 is 2.16 bits per heavy atom. The lowest BCUT2D eigenvalue weighted by Crippen LogP contribution is -2.48. The van der Waals surface area contributed by atoms with Crippen molar-refractivity contribution in [1.29, 1.82) is 0 Å². The second-order valence-corrected chi connectivity index (χ2v) is 8.01. The maximum Gasteiger partial charge on any atom is 0.244 e. The van der Waals surface area contributed by atoms with Gasteiger partial charge in [0.25, 0.3) is 0 Å². The fraction of sp³-hybridized carbons (Fsp3) is 0.500. The Kier molecular flexibility index (Phi) is 4.57. The van der Waals surface area contributed by atoms with Crippen LogP contribution >= 0.6 is 27.5 Å². The zero-order valence-electron chi connectivity index (χ0n) is 10.5. The fourth-order valence-electron chi connectivity index (χ4n) is 2.35. The zero-order valence-corrected chi connectivity index (χ0v) is 13.7. The van der Waals surface area contributed by atoms with Crippen LogP contribution in [0.25, 0.3) is 0 Å². The predicted molar refractivity (Wildman–Crippen MR) is 79.7 cm³/mol. The molecule has 0 amide bonds. The van der Waals surface area contributed by atoms with E-state index < -0.39 is 10.0 Å². The van der Waals surface area contributed by atoms with Crippen LogP contribution < -0.4 is 5.73 Å². The number of halogens is 2. The molecule has 0 unspecified atom stereocenters. The van der Waals surface area contributed by atoms with E-state index in [9.17, 15) is 8.42 Å². The summed E-state index contributed by atoms with van der Waals surface area (Å²) in [5.41, 5.74) is 5.87. The van der Waals surface area contributed by atoms with Gasteiger partial charge in [0.05, 0.1) is 5.02 Å². The summed E-state index contributed by atoms with van der Waals surface area (Å²) in [5.74, 6) is 0. The third kappa shape index (κ3) is 3.13. The van der Waals surface area contributed by atoms with Crippen LogP contribution in [-0.2, 0) is 10.0 Å². The van der Waals surface area contributed by atoms with Crippen molar-refractivity contribution >= 4 is 37.6 Å². The molecule has 0 bridgehead atoms. The molecular formula is C12H16BrClN2O2S. The Labute approximate surface area is 127 Å². The maximum absolute atomic E-state index is 12.6. The molecule has 1 heterocycles. The van der Waals surface area contributed by atoms with Crippen LogP contribution in [0, 0.1) is 0 Å². The maximum atomic E-state index is 12.6. The quantitative estimate of drug-likeness (QED) is 0.874. The highest BCUT2D eigenvalue weighted by atomic mass is 79.9. The molecule has 2 rings (SSSR count). The Morgan fingerprint density at radius 1 is 1.47 bits per heavy atom. The SMILES string of the molecule is C[C@H]1C[C@@H](N)CCN1S(=O)(=O)c1ccc(Br)cc1Cl. The lowest BCUT2D eigenvalue weighted by atomic mass is 10.0. The van der Waals surface area contributed by atoms with Gasteiger partial charge in [0.1, 0.15) is 4.90 Å². The molecule has 0 aliphatic carbocycles. The number of benzene rings is 1. The second kappa shape index (κ2) is 5.69. The van der Waals surface area contributed by atoms with Crippen molar-refractivity contribution in [1.82, 2.24) is 4.31 Å². The molecule has 1 saturated heterocycles. The summed E-state index contributed by atoms with van der Waals surface area (Å²) in [6.07, 6.45) is 1.35. The molecule has 2 N–H and O–H groups in total. The van der Waals surface area contributed by atoms with Crippen molar-refractivity contribution in [3.05, 3.63) is 27.7 Å². The molecule has 2 atom stereocenters. The number of hydrogen-bond acceptors (Lipinski definition) is 3. The van der Waals surface area contributed by atoms with Crippen molar-refractivity contribution in [3.8, 4) is 0 Å². The van der Waals surface area contributed by atoms with Crippen LogP contribution in [0.5, 0.6) is 0 Å². The Hall–Kier alpha value is -0.140. The molecule has 0 radical (unpaired) electrons. The average molecular weight is 368 g/mol. The third-order valence-electron chi connectivity index (χ3n) is 3.34. The molecule has 0 aromatic heterocycles. The number of sulfonamides is 1. The van der Waals surface area contributed by atoms with Gasteiger partial charge in [-0.05, 0) is 38.0 Å². The summed E-state index contributed by atoms with van der Waals surface area (Å²) in [4.78, 5) is 0.152. The van der Waals surface area contributed by atoms with E-state index in [1.54, 1.807) is 12.1 Å². The van der Waals surface area contributed by atoms with E-state index in [2.05, 4.69) is 15.9 Å². The van der Waals surface area contributed by atoms with E-state index >= 15 is 0 Å². The van der Waals surface area contributed by atoms with Crippen LogP contribution in [0.2, 0.25) is 5.02 Å². The highest BCUT2D eigenvalue weighted by Crippen LogP contribution is 2.30. The van der Waals surface area contributed by atoms with E-state index in [0.29, 0.717) is 19.4 Å². The van der Waals surface area contributed by atoms with Gasteiger partial charge in [0.15, 0.2) is 0 Å². The van der Waals surface area contributed by atoms with Crippen LogP contribution in [0.4, 0.5) is 0 Å². The topological polar surface area (TPSA) is 63.4 Å². The normalized spacial score (nSPS) is 25.5. The molecule has 1 aliphatic heterocycles. The Morgan fingerprint density at radius 3 is 2.74 bits per heavy atom. The molecule has 1 aromatic rings. The van der Waals surface area contributed by atoms with Gasteiger partial charge < -0.3 is 5.73 Å². The lowest BCUT2D eigenvalue weighted by Gasteiger charge is -2.35. The lowest BCUT2D eigenvalue weighted by molar-refractivity contribution is 0.247. The molecule has 1 aliphatic rings. The fourth-order valence-corrected chi connectivity index (χ4v) is 5.02. The number of nitrogens with zero attached hydrogens (tertiary/aromatic N) is 1. The van der Waals surface area contributed by atoms with Gasteiger partial charge in [-0.3, -0.25) is 0 Å². The van der Waals surface area contributed by atoms with E-state index in [4.69, 9.17) is 17.3 Å². The summed E-state index contributed by atoms with van der Waals surface area (Å²) in [6.45, 7) is 2.32. The average Bonchev–Trinajstić information content (AvgIpc) is 2.27. The van der Waals surface area contributed by atoms with Gasteiger partial charge in [-0.1, -0.05) is 27.5 Å². The van der Waals surface area contributed by atoms with Gasteiger partial charge >= 0.3 is 0 Å². The first-order chi connectivity index (χ1) is 8.82. The zero-order chi connectivity index (χ0) is 14.2. The first-order valence-electron chi connectivity index (χ1n) is 6.05. The molecular weight excluding hydrogens is 352 g/mol. The minimum absolute atomic E-state index is 0.0711. The molecule has 1 aromatic carbocycles. The minimum Gasteiger partial charge on any atom is -0.328 e. The molecule has 7 heteroatoms. The number of nitrogens with two attached hydrogens (primary N) is 1. The smallest absolute Gasteiger partial charge is 0.244 e. The molecule has 4 nitrogen and oxygen atoms in total. The first kappa shape index (κ1) is 15.3. The minimum atomic E-state index is -3.56. The van der Waals surface area contributed by atoms with Crippen molar-refractivity contribution in [3.63, 3.8) is 0 Å². The van der Waals surface area contributed by atoms with Gasteiger partial charge in [0.2, 0.25) is 10.0 Å². The van der Waals surface area contributed by atoms with E-state index in [1.165, 1.54) is 10.4 Å². The summed E-state index contributed by atoms with van der Waals surface area (Å²) >= 11 is 9.32. The summed E-state index contributed by atoms with van der Waals surface area (Å²) in [5, 5.41) is 0.233. The van der Waals surface area contributed by atoms with Gasteiger partial charge in [-0.2, -0.15) is 4.31 Å². The standard InChI is InChI=1S/C12H16BrClN2O2S/c1-8-6-10(15)4-5-16(8)19(17,18)12-3-2-9(13)7-11(12)14/h2-3,7-8,10H,4-6,15H2,1H3/t8-,10-/m0/s1. The van der Waals surface area contributed by atoms with Crippen LogP contribution in [-0.4, -0.2) is 31.4 Å². The van der Waals surface area contributed by atoms with Crippen molar-refractivity contribution in [2.45, 2.75) is 36.7 Å². The monoisotopic (exact) mass is 366 g/mol. The van der Waals surface area contributed by atoms with E-state index in [-0.39, 0.29) is 22.0 Å². The number of rotatable bonds is 2. The van der Waals surface area contributed by atoms with Gasteiger partial charge in [-0.15, -0.1) is 0 Å². The molecule has 19 heavy (non-hydrogen) atoms. The summed E-state index contributed by atoms with van der Waals surface area (Å²) in [6, 6.07) is 4.77.